The van der Waals surface area contributed by atoms with Crippen molar-refractivity contribution in [2.75, 3.05) is 26.0 Å². The average molecular weight is 272 g/mol. The minimum absolute atomic E-state index is 0.109. The summed E-state index contributed by atoms with van der Waals surface area (Å²) < 4.78 is 0.784. The standard InChI is InChI=1S/C10H14BrN3O/c1-14(2)10(15)6-7-12-9-5-3-4-8(11)13-9/h3-5H,6-7H2,1-2H3,(H,12,13). The van der Waals surface area contributed by atoms with Gasteiger partial charge in [0.2, 0.25) is 5.91 Å². The molecular weight excluding hydrogens is 258 g/mol. The predicted octanol–water partition coefficient (Wildman–Crippen LogP) is 1.73. The van der Waals surface area contributed by atoms with Crippen molar-refractivity contribution in [2.24, 2.45) is 0 Å². The van der Waals surface area contributed by atoms with Crippen LogP contribution >= 0.6 is 15.9 Å². The summed E-state index contributed by atoms with van der Waals surface area (Å²) in [7, 11) is 3.50. The fraction of sp³-hybridized carbons (Fsp3) is 0.400. The van der Waals surface area contributed by atoms with Crippen molar-refractivity contribution in [1.82, 2.24) is 9.88 Å². The van der Waals surface area contributed by atoms with Crippen LogP contribution in [0.15, 0.2) is 22.8 Å². The zero-order chi connectivity index (χ0) is 11.3. The molecule has 0 atom stereocenters. The van der Waals surface area contributed by atoms with E-state index < -0.39 is 0 Å². The van der Waals surface area contributed by atoms with Gasteiger partial charge in [0.15, 0.2) is 0 Å². The lowest BCUT2D eigenvalue weighted by atomic mass is 10.3. The molecule has 5 heteroatoms. The van der Waals surface area contributed by atoms with E-state index in [9.17, 15) is 4.79 Å². The molecule has 0 fully saturated rings. The fourth-order valence-corrected chi connectivity index (χ4v) is 1.37. The molecule has 0 radical (unpaired) electrons. The SMILES string of the molecule is CN(C)C(=O)CCNc1cccc(Br)n1. The van der Waals surface area contributed by atoms with E-state index in [2.05, 4.69) is 26.2 Å². The monoisotopic (exact) mass is 271 g/mol. The molecule has 1 aromatic rings. The van der Waals surface area contributed by atoms with Crippen molar-refractivity contribution >= 4 is 27.7 Å². The molecule has 0 unspecified atom stereocenters. The zero-order valence-electron chi connectivity index (χ0n) is 8.83. The third-order valence-electron chi connectivity index (χ3n) is 1.86. The summed E-state index contributed by atoms with van der Waals surface area (Å²) in [5, 5.41) is 3.08. The third kappa shape index (κ3) is 4.29. The number of hydrogen-bond acceptors (Lipinski definition) is 3. The van der Waals surface area contributed by atoms with E-state index in [0.29, 0.717) is 13.0 Å². The number of hydrogen-bond donors (Lipinski definition) is 1. The third-order valence-corrected chi connectivity index (χ3v) is 2.30. The van der Waals surface area contributed by atoms with Crippen LogP contribution in [0.1, 0.15) is 6.42 Å². The second-order valence-corrected chi connectivity index (χ2v) is 4.12. The lowest BCUT2D eigenvalue weighted by Gasteiger charge is -2.10. The molecule has 0 saturated heterocycles. The number of nitrogens with one attached hydrogen (secondary N) is 1. The number of anilines is 1. The minimum atomic E-state index is 0.109. The molecule has 0 aromatic carbocycles. The fourth-order valence-electron chi connectivity index (χ4n) is 1.03. The van der Waals surface area contributed by atoms with Crippen molar-refractivity contribution in [3.63, 3.8) is 0 Å². The van der Waals surface area contributed by atoms with E-state index in [0.717, 1.165) is 10.4 Å². The van der Waals surface area contributed by atoms with E-state index in [1.807, 2.05) is 18.2 Å². The van der Waals surface area contributed by atoms with Gasteiger partial charge >= 0.3 is 0 Å². The van der Waals surface area contributed by atoms with E-state index >= 15 is 0 Å². The summed E-state index contributed by atoms with van der Waals surface area (Å²) in [5.74, 6) is 0.883. The van der Waals surface area contributed by atoms with Gasteiger partial charge in [-0.05, 0) is 28.1 Å². The van der Waals surface area contributed by atoms with E-state index in [1.54, 1.807) is 19.0 Å². The number of carbonyl (C=O) groups is 1. The number of nitrogens with zero attached hydrogens (tertiary/aromatic N) is 2. The van der Waals surface area contributed by atoms with Gasteiger partial charge in [-0.1, -0.05) is 6.07 Å². The molecule has 0 bridgehead atoms. The lowest BCUT2D eigenvalue weighted by molar-refractivity contribution is -0.128. The summed E-state index contributed by atoms with van der Waals surface area (Å²) in [6.45, 7) is 0.598. The molecule has 4 nitrogen and oxygen atoms in total. The number of aromatic nitrogens is 1. The van der Waals surface area contributed by atoms with Gasteiger partial charge in [-0.15, -0.1) is 0 Å². The van der Waals surface area contributed by atoms with Crippen LogP contribution in [0, 0.1) is 0 Å². The van der Waals surface area contributed by atoms with Crippen LogP contribution in [0.4, 0.5) is 5.82 Å². The molecular formula is C10H14BrN3O. The Balaban J connectivity index is 2.35. The Morgan fingerprint density at radius 3 is 2.87 bits per heavy atom. The minimum Gasteiger partial charge on any atom is -0.370 e. The molecule has 0 aliphatic rings. The molecule has 0 aliphatic carbocycles. The highest BCUT2D eigenvalue weighted by molar-refractivity contribution is 9.10. The summed E-state index contributed by atoms with van der Waals surface area (Å²) in [5.41, 5.74) is 0. The van der Waals surface area contributed by atoms with Gasteiger partial charge in [-0.2, -0.15) is 0 Å². The van der Waals surface area contributed by atoms with Crippen LogP contribution in [0.25, 0.3) is 0 Å². The van der Waals surface area contributed by atoms with Crippen molar-refractivity contribution in [3.8, 4) is 0 Å². The van der Waals surface area contributed by atoms with E-state index in [4.69, 9.17) is 0 Å². The largest absolute Gasteiger partial charge is 0.370 e. The molecule has 0 saturated carbocycles. The van der Waals surface area contributed by atoms with Crippen molar-refractivity contribution in [2.45, 2.75) is 6.42 Å². The topological polar surface area (TPSA) is 45.2 Å². The van der Waals surface area contributed by atoms with E-state index in [1.165, 1.54) is 0 Å². The smallest absolute Gasteiger partial charge is 0.223 e. The van der Waals surface area contributed by atoms with Crippen LogP contribution < -0.4 is 5.32 Å². The Labute approximate surface area is 97.8 Å². The first kappa shape index (κ1) is 12.0. The first-order valence-electron chi connectivity index (χ1n) is 4.66. The number of carbonyl (C=O) groups excluding carboxylic acids is 1. The zero-order valence-corrected chi connectivity index (χ0v) is 10.4. The normalized spacial score (nSPS) is 9.80. The van der Waals surface area contributed by atoms with Gasteiger partial charge in [-0.3, -0.25) is 4.79 Å². The van der Waals surface area contributed by atoms with Crippen molar-refractivity contribution < 1.29 is 4.79 Å². The molecule has 1 rings (SSSR count). The number of halogens is 1. The quantitative estimate of drug-likeness (QED) is 0.849. The highest BCUT2D eigenvalue weighted by Gasteiger charge is 2.02. The summed E-state index contributed by atoms with van der Waals surface area (Å²) in [6, 6.07) is 5.62. The Kier molecular flexibility index (Phi) is 4.55. The Bertz CT molecular complexity index is 341. The summed E-state index contributed by atoms with van der Waals surface area (Å²) in [6.07, 6.45) is 0.473. The molecule has 0 spiro atoms. The Morgan fingerprint density at radius 1 is 1.53 bits per heavy atom. The molecule has 1 aromatic heterocycles. The summed E-state index contributed by atoms with van der Waals surface area (Å²) in [4.78, 5) is 17.0. The molecule has 0 aliphatic heterocycles. The summed E-state index contributed by atoms with van der Waals surface area (Å²) >= 11 is 3.28. The second kappa shape index (κ2) is 5.70. The number of rotatable bonds is 4. The molecule has 15 heavy (non-hydrogen) atoms. The molecule has 1 heterocycles. The van der Waals surface area contributed by atoms with Crippen molar-refractivity contribution in [1.29, 1.82) is 0 Å². The lowest BCUT2D eigenvalue weighted by Crippen LogP contribution is -2.24. The maximum absolute atomic E-state index is 11.3. The average Bonchev–Trinajstić information content (AvgIpc) is 2.17. The van der Waals surface area contributed by atoms with Gasteiger partial charge in [0.05, 0.1) is 0 Å². The highest BCUT2D eigenvalue weighted by atomic mass is 79.9. The molecule has 82 valence electrons. The van der Waals surface area contributed by atoms with Crippen LogP contribution in [0.2, 0.25) is 0 Å². The second-order valence-electron chi connectivity index (χ2n) is 3.31. The highest BCUT2D eigenvalue weighted by Crippen LogP contribution is 2.09. The van der Waals surface area contributed by atoms with Crippen LogP contribution in [-0.4, -0.2) is 36.4 Å². The van der Waals surface area contributed by atoms with E-state index in [-0.39, 0.29) is 5.91 Å². The van der Waals surface area contributed by atoms with Crippen LogP contribution in [0.5, 0.6) is 0 Å². The van der Waals surface area contributed by atoms with Gasteiger partial charge in [0, 0.05) is 27.1 Å². The van der Waals surface area contributed by atoms with Gasteiger partial charge in [0.1, 0.15) is 10.4 Å². The van der Waals surface area contributed by atoms with Gasteiger partial charge in [-0.25, -0.2) is 4.98 Å². The molecule has 1 N–H and O–H groups in total. The first-order chi connectivity index (χ1) is 7.09. The van der Waals surface area contributed by atoms with Gasteiger partial charge < -0.3 is 10.2 Å². The molecule has 1 amide bonds. The predicted molar refractivity (Wildman–Crippen MR) is 63.7 cm³/mol. The van der Waals surface area contributed by atoms with Gasteiger partial charge in [0.25, 0.3) is 0 Å². The van der Waals surface area contributed by atoms with Crippen LogP contribution in [-0.2, 0) is 4.79 Å². The maximum Gasteiger partial charge on any atom is 0.223 e. The van der Waals surface area contributed by atoms with Crippen LogP contribution in [0.3, 0.4) is 0 Å². The maximum atomic E-state index is 11.3. The Morgan fingerprint density at radius 2 is 2.27 bits per heavy atom. The van der Waals surface area contributed by atoms with Crippen molar-refractivity contribution in [3.05, 3.63) is 22.8 Å². The number of amides is 1. The first-order valence-corrected chi connectivity index (χ1v) is 5.45. The Hall–Kier alpha value is -1.10. The number of pyridine rings is 1.